The van der Waals surface area contributed by atoms with Crippen molar-refractivity contribution in [3.8, 4) is 17.1 Å². The number of fused-ring (bicyclic) bond motifs is 1. The van der Waals surface area contributed by atoms with Crippen LogP contribution < -0.4 is 5.32 Å². The molecule has 0 fully saturated rings. The van der Waals surface area contributed by atoms with Gasteiger partial charge < -0.3 is 15.4 Å². The van der Waals surface area contributed by atoms with Gasteiger partial charge in [0.05, 0.1) is 22.5 Å². The molecule has 3 aromatic rings. The van der Waals surface area contributed by atoms with E-state index in [0.29, 0.717) is 33.7 Å². The molecule has 2 aromatic carbocycles. The molecule has 134 valence electrons. The SMILES string of the molecule is CNC(=O)c1ccc(-c2[nH]c(O)c3c2C(=O)N=C3c2ccc(Br)cc2)cc1. The number of amides is 2. The first-order valence-electron chi connectivity index (χ1n) is 8.16. The second-order valence-corrected chi connectivity index (χ2v) is 6.94. The van der Waals surface area contributed by atoms with Gasteiger partial charge in [-0.25, -0.2) is 4.99 Å². The van der Waals surface area contributed by atoms with Gasteiger partial charge in [0.25, 0.3) is 11.8 Å². The van der Waals surface area contributed by atoms with Crippen LogP contribution in [0.15, 0.2) is 58.0 Å². The third kappa shape index (κ3) is 2.86. The van der Waals surface area contributed by atoms with Gasteiger partial charge in [-0.2, -0.15) is 0 Å². The number of carbonyl (C=O) groups excluding carboxylic acids is 2. The number of H-pyrrole nitrogens is 1. The number of hydrogen-bond acceptors (Lipinski definition) is 3. The third-order valence-electron chi connectivity index (χ3n) is 4.42. The van der Waals surface area contributed by atoms with Crippen molar-refractivity contribution in [1.29, 1.82) is 0 Å². The van der Waals surface area contributed by atoms with Gasteiger partial charge in [-0.3, -0.25) is 9.59 Å². The zero-order chi connectivity index (χ0) is 19.1. The summed E-state index contributed by atoms with van der Waals surface area (Å²) >= 11 is 3.38. The van der Waals surface area contributed by atoms with Gasteiger partial charge in [-0.1, -0.05) is 40.2 Å². The summed E-state index contributed by atoms with van der Waals surface area (Å²) in [4.78, 5) is 31.3. The van der Waals surface area contributed by atoms with Crippen LogP contribution in [0.3, 0.4) is 0 Å². The molecule has 1 aromatic heterocycles. The molecule has 0 radical (unpaired) electrons. The number of halogens is 1. The summed E-state index contributed by atoms with van der Waals surface area (Å²) in [7, 11) is 1.56. The van der Waals surface area contributed by atoms with Gasteiger partial charge in [0, 0.05) is 22.6 Å². The Kier molecular flexibility index (Phi) is 4.16. The van der Waals surface area contributed by atoms with E-state index in [1.807, 2.05) is 24.3 Å². The van der Waals surface area contributed by atoms with Crippen molar-refractivity contribution in [3.63, 3.8) is 0 Å². The summed E-state index contributed by atoms with van der Waals surface area (Å²) < 4.78 is 0.909. The molecular weight excluding hydrogens is 410 g/mol. The fourth-order valence-electron chi connectivity index (χ4n) is 3.11. The maximum atomic E-state index is 12.6. The van der Waals surface area contributed by atoms with Crippen LogP contribution in [0, 0.1) is 0 Å². The Balaban J connectivity index is 1.79. The summed E-state index contributed by atoms with van der Waals surface area (Å²) in [6, 6.07) is 14.1. The van der Waals surface area contributed by atoms with E-state index in [1.54, 1.807) is 31.3 Å². The molecule has 0 bridgehead atoms. The first kappa shape index (κ1) is 17.2. The van der Waals surface area contributed by atoms with E-state index in [-0.39, 0.29) is 11.8 Å². The van der Waals surface area contributed by atoms with Gasteiger partial charge >= 0.3 is 0 Å². The molecule has 4 rings (SSSR count). The molecule has 0 aliphatic carbocycles. The van der Waals surface area contributed by atoms with Gasteiger partial charge in [0.1, 0.15) is 0 Å². The zero-order valence-electron chi connectivity index (χ0n) is 14.2. The molecular formula is C20H14BrN3O3. The maximum Gasteiger partial charge on any atom is 0.280 e. The van der Waals surface area contributed by atoms with Crippen LogP contribution in [0.4, 0.5) is 0 Å². The highest BCUT2D eigenvalue weighted by Gasteiger charge is 2.33. The lowest BCUT2D eigenvalue weighted by Crippen LogP contribution is -2.17. The number of nitrogens with zero attached hydrogens (tertiary/aromatic N) is 1. The molecule has 2 amide bonds. The molecule has 0 unspecified atom stereocenters. The fraction of sp³-hybridized carbons (Fsp3) is 0.0500. The average Bonchev–Trinajstić information content (AvgIpc) is 3.21. The van der Waals surface area contributed by atoms with Gasteiger partial charge in [0.2, 0.25) is 0 Å². The fourth-order valence-corrected chi connectivity index (χ4v) is 3.37. The average molecular weight is 424 g/mol. The summed E-state index contributed by atoms with van der Waals surface area (Å²) in [5, 5.41) is 13.0. The van der Waals surface area contributed by atoms with Crippen LogP contribution in [0.5, 0.6) is 5.88 Å². The Hall–Kier alpha value is -3.19. The highest BCUT2D eigenvalue weighted by molar-refractivity contribution is 9.10. The second kappa shape index (κ2) is 6.51. The Bertz CT molecular complexity index is 1100. The number of rotatable bonds is 3. The van der Waals surface area contributed by atoms with Crippen molar-refractivity contribution in [3.05, 3.63) is 75.3 Å². The highest BCUT2D eigenvalue weighted by Crippen LogP contribution is 2.38. The van der Waals surface area contributed by atoms with Crippen LogP contribution in [0.25, 0.3) is 11.3 Å². The van der Waals surface area contributed by atoms with Gasteiger partial charge in [-0.15, -0.1) is 0 Å². The minimum absolute atomic E-state index is 0.108. The molecule has 3 N–H and O–H groups in total. The molecule has 0 saturated heterocycles. The monoisotopic (exact) mass is 423 g/mol. The van der Waals surface area contributed by atoms with Crippen LogP contribution in [-0.4, -0.2) is 34.7 Å². The topological polar surface area (TPSA) is 94.5 Å². The van der Waals surface area contributed by atoms with Crippen molar-refractivity contribution in [2.45, 2.75) is 0 Å². The van der Waals surface area contributed by atoms with Gasteiger partial charge in [-0.05, 0) is 29.8 Å². The lowest BCUT2D eigenvalue weighted by Gasteiger charge is -2.03. The molecule has 7 heteroatoms. The van der Waals surface area contributed by atoms with E-state index in [2.05, 4.69) is 31.2 Å². The number of aromatic hydroxyl groups is 1. The van der Waals surface area contributed by atoms with Gasteiger partial charge in [0.15, 0.2) is 5.88 Å². The molecule has 0 atom stereocenters. The first-order valence-corrected chi connectivity index (χ1v) is 8.95. The van der Waals surface area contributed by atoms with E-state index in [9.17, 15) is 14.7 Å². The van der Waals surface area contributed by atoms with Crippen molar-refractivity contribution >= 4 is 33.5 Å². The number of hydrogen-bond donors (Lipinski definition) is 3. The third-order valence-corrected chi connectivity index (χ3v) is 4.95. The summed E-state index contributed by atoms with van der Waals surface area (Å²) in [5.41, 5.74) is 3.56. The molecule has 2 heterocycles. The van der Waals surface area contributed by atoms with E-state index in [4.69, 9.17) is 0 Å². The largest absolute Gasteiger partial charge is 0.494 e. The number of nitrogens with one attached hydrogen (secondary N) is 2. The predicted molar refractivity (Wildman–Crippen MR) is 105 cm³/mol. The number of carbonyl (C=O) groups is 2. The quantitative estimate of drug-likeness (QED) is 0.601. The number of benzene rings is 2. The number of aromatic nitrogens is 1. The highest BCUT2D eigenvalue weighted by atomic mass is 79.9. The zero-order valence-corrected chi connectivity index (χ0v) is 15.8. The lowest BCUT2D eigenvalue weighted by molar-refractivity contribution is 0.0961. The summed E-state index contributed by atoms with van der Waals surface area (Å²) in [5.74, 6) is -0.717. The lowest BCUT2D eigenvalue weighted by atomic mass is 10.00. The molecule has 0 saturated carbocycles. The Labute approximate surface area is 163 Å². The predicted octanol–water partition coefficient (Wildman–Crippen LogP) is 3.50. The van der Waals surface area contributed by atoms with E-state index in [0.717, 1.165) is 10.0 Å². The van der Waals surface area contributed by atoms with E-state index >= 15 is 0 Å². The van der Waals surface area contributed by atoms with Crippen LogP contribution in [0.1, 0.15) is 31.8 Å². The van der Waals surface area contributed by atoms with Crippen LogP contribution in [-0.2, 0) is 0 Å². The number of aromatic amines is 1. The van der Waals surface area contributed by atoms with Crippen molar-refractivity contribution in [1.82, 2.24) is 10.3 Å². The number of aliphatic imine (C=N–C) groups is 1. The normalized spacial score (nSPS) is 12.7. The smallest absolute Gasteiger partial charge is 0.280 e. The van der Waals surface area contributed by atoms with E-state index < -0.39 is 5.91 Å². The van der Waals surface area contributed by atoms with Crippen molar-refractivity contribution in [2.24, 2.45) is 4.99 Å². The van der Waals surface area contributed by atoms with Crippen LogP contribution in [0.2, 0.25) is 0 Å². The molecule has 1 aliphatic heterocycles. The van der Waals surface area contributed by atoms with Crippen molar-refractivity contribution < 1.29 is 14.7 Å². The molecule has 1 aliphatic rings. The van der Waals surface area contributed by atoms with Crippen LogP contribution >= 0.6 is 15.9 Å². The van der Waals surface area contributed by atoms with E-state index in [1.165, 1.54) is 0 Å². The minimum Gasteiger partial charge on any atom is -0.494 e. The Morgan fingerprint density at radius 3 is 2.30 bits per heavy atom. The Morgan fingerprint density at radius 2 is 1.67 bits per heavy atom. The van der Waals surface area contributed by atoms with Crippen molar-refractivity contribution in [2.75, 3.05) is 7.05 Å². The molecule has 6 nitrogen and oxygen atoms in total. The maximum absolute atomic E-state index is 12.6. The molecule has 27 heavy (non-hydrogen) atoms. The summed E-state index contributed by atoms with van der Waals surface area (Å²) in [6.45, 7) is 0. The second-order valence-electron chi connectivity index (χ2n) is 6.03. The standard InChI is InChI=1S/C20H14BrN3O3/c1-22-18(25)12-4-2-10(3-5-12)16-14-15(20(27)23-16)17(24-19(14)26)11-6-8-13(21)9-7-11/h2-9,23,27H,1H3,(H,22,25). The summed E-state index contributed by atoms with van der Waals surface area (Å²) in [6.07, 6.45) is 0. The molecule has 0 spiro atoms. The Morgan fingerprint density at radius 1 is 1.04 bits per heavy atom. The first-order chi connectivity index (χ1) is 13.0. The minimum atomic E-state index is -0.412.